The van der Waals surface area contributed by atoms with Crippen molar-refractivity contribution in [3.05, 3.63) is 29.3 Å². The van der Waals surface area contributed by atoms with E-state index in [1.165, 1.54) is 17.7 Å². The van der Waals surface area contributed by atoms with Crippen LogP contribution in [0.1, 0.15) is 26.7 Å². The van der Waals surface area contributed by atoms with Crippen LogP contribution in [-0.2, 0) is 0 Å². The van der Waals surface area contributed by atoms with E-state index in [-0.39, 0.29) is 0 Å². The lowest BCUT2D eigenvalue weighted by molar-refractivity contribution is 0.526. The van der Waals surface area contributed by atoms with Crippen molar-refractivity contribution in [1.29, 1.82) is 0 Å². The molecule has 1 nitrogen and oxygen atoms in total. The zero-order valence-corrected chi connectivity index (χ0v) is 11.6. The maximum atomic E-state index is 6.08. The highest BCUT2D eigenvalue weighted by Gasteiger charge is 2.01. The average Bonchev–Trinajstić information content (AvgIpc) is 2.27. The van der Waals surface area contributed by atoms with Gasteiger partial charge in [0.05, 0.1) is 5.02 Å². The van der Waals surface area contributed by atoms with Gasteiger partial charge in [-0.25, -0.2) is 0 Å². The predicted molar refractivity (Wildman–Crippen MR) is 74.5 cm³/mol. The Hall–Kier alpha value is -0.180. The van der Waals surface area contributed by atoms with Crippen LogP contribution in [0.5, 0.6) is 0 Å². The lowest BCUT2D eigenvalue weighted by Gasteiger charge is -2.11. The van der Waals surface area contributed by atoms with Gasteiger partial charge in [-0.1, -0.05) is 30.7 Å². The van der Waals surface area contributed by atoms with E-state index in [4.69, 9.17) is 11.6 Å². The lowest BCUT2D eigenvalue weighted by atomic mass is 10.2. The molecule has 0 aliphatic carbocycles. The molecule has 3 heteroatoms. The summed E-state index contributed by atoms with van der Waals surface area (Å²) in [5.74, 6) is 1.14. The van der Waals surface area contributed by atoms with E-state index < -0.39 is 0 Å². The third kappa shape index (κ3) is 5.24. The van der Waals surface area contributed by atoms with E-state index in [0.29, 0.717) is 6.04 Å². The van der Waals surface area contributed by atoms with Gasteiger partial charge in [0.1, 0.15) is 0 Å². The number of hydrogen-bond acceptors (Lipinski definition) is 2. The molecule has 1 N–H and O–H groups in total. The van der Waals surface area contributed by atoms with Crippen LogP contribution < -0.4 is 5.32 Å². The third-order valence-electron chi connectivity index (χ3n) is 2.43. The smallest absolute Gasteiger partial charge is 0.0541 e. The Morgan fingerprint density at radius 2 is 2.12 bits per heavy atom. The van der Waals surface area contributed by atoms with Gasteiger partial charge >= 0.3 is 0 Å². The van der Waals surface area contributed by atoms with Gasteiger partial charge in [0, 0.05) is 10.9 Å². The molecule has 0 spiro atoms. The van der Waals surface area contributed by atoms with Crippen LogP contribution in [0.25, 0.3) is 0 Å². The van der Waals surface area contributed by atoms with Gasteiger partial charge in [0.15, 0.2) is 0 Å². The van der Waals surface area contributed by atoms with Crippen LogP contribution in [0.15, 0.2) is 29.2 Å². The van der Waals surface area contributed by atoms with Gasteiger partial charge in [0.2, 0.25) is 0 Å². The molecule has 1 atom stereocenters. The molecule has 1 aromatic carbocycles. The first-order valence-corrected chi connectivity index (χ1v) is 7.21. The molecule has 0 aliphatic rings. The standard InChI is InChI=1S/C13H20ClNS/c1-3-15-11(2)7-6-10-16-13-9-5-4-8-12(13)14/h4-5,8-9,11,15H,3,6-7,10H2,1-2H3. The van der Waals surface area contributed by atoms with E-state index >= 15 is 0 Å². The highest BCUT2D eigenvalue weighted by molar-refractivity contribution is 7.99. The van der Waals surface area contributed by atoms with Gasteiger partial charge in [0.25, 0.3) is 0 Å². The summed E-state index contributed by atoms with van der Waals surface area (Å²) in [7, 11) is 0. The first-order valence-electron chi connectivity index (χ1n) is 5.84. The minimum absolute atomic E-state index is 0.622. The average molecular weight is 258 g/mol. The summed E-state index contributed by atoms with van der Waals surface area (Å²) in [6.45, 7) is 5.44. The van der Waals surface area contributed by atoms with Crippen LogP contribution in [0, 0.1) is 0 Å². The second-order valence-electron chi connectivity index (χ2n) is 3.88. The zero-order valence-electron chi connectivity index (χ0n) is 10.0. The summed E-state index contributed by atoms with van der Waals surface area (Å²) in [5.41, 5.74) is 0. The van der Waals surface area contributed by atoms with Crippen molar-refractivity contribution in [2.24, 2.45) is 0 Å². The summed E-state index contributed by atoms with van der Waals surface area (Å²) in [6.07, 6.45) is 2.45. The Morgan fingerprint density at radius 3 is 2.81 bits per heavy atom. The number of hydrogen-bond donors (Lipinski definition) is 1. The second kappa shape index (κ2) is 7.99. The Kier molecular flexibility index (Phi) is 6.93. The molecule has 0 aliphatic heterocycles. The van der Waals surface area contributed by atoms with E-state index in [1.54, 1.807) is 0 Å². The molecule has 0 heterocycles. The molecule has 0 bridgehead atoms. The van der Waals surface area contributed by atoms with Gasteiger partial charge in [-0.05, 0) is 44.2 Å². The number of halogens is 1. The maximum absolute atomic E-state index is 6.08. The fourth-order valence-electron chi connectivity index (χ4n) is 1.58. The number of nitrogens with one attached hydrogen (secondary N) is 1. The van der Waals surface area contributed by atoms with Crippen molar-refractivity contribution in [3.8, 4) is 0 Å². The molecule has 0 aromatic heterocycles. The lowest BCUT2D eigenvalue weighted by Crippen LogP contribution is -2.25. The Bertz CT molecular complexity index is 304. The van der Waals surface area contributed by atoms with E-state index in [9.17, 15) is 0 Å². The molecule has 0 saturated heterocycles. The molecule has 1 aromatic rings. The minimum atomic E-state index is 0.622. The largest absolute Gasteiger partial charge is 0.315 e. The van der Waals surface area contributed by atoms with Crippen LogP contribution in [0.4, 0.5) is 0 Å². The summed E-state index contributed by atoms with van der Waals surface area (Å²) in [4.78, 5) is 1.19. The second-order valence-corrected chi connectivity index (χ2v) is 5.42. The molecule has 0 radical (unpaired) electrons. The summed E-state index contributed by atoms with van der Waals surface area (Å²) in [5, 5.41) is 4.29. The van der Waals surface area contributed by atoms with E-state index in [2.05, 4.69) is 25.2 Å². The molecule has 0 saturated carbocycles. The van der Waals surface area contributed by atoms with Crippen molar-refractivity contribution < 1.29 is 0 Å². The van der Waals surface area contributed by atoms with Gasteiger partial charge in [-0.2, -0.15) is 0 Å². The maximum Gasteiger partial charge on any atom is 0.0541 e. The van der Waals surface area contributed by atoms with Crippen LogP contribution in [0.3, 0.4) is 0 Å². The van der Waals surface area contributed by atoms with Gasteiger partial charge in [-0.3, -0.25) is 0 Å². The van der Waals surface area contributed by atoms with Crippen molar-refractivity contribution in [2.75, 3.05) is 12.3 Å². The quantitative estimate of drug-likeness (QED) is 0.580. The van der Waals surface area contributed by atoms with Crippen LogP contribution >= 0.6 is 23.4 Å². The molecule has 0 fully saturated rings. The summed E-state index contributed by atoms with van der Waals surface area (Å²) < 4.78 is 0. The highest BCUT2D eigenvalue weighted by atomic mass is 35.5. The Labute approximate surface area is 108 Å². The van der Waals surface area contributed by atoms with Gasteiger partial charge in [-0.15, -0.1) is 11.8 Å². The first kappa shape index (κ1) is 13.9. The van der Waals surface area contributed by atoms with Crippen molar-refractivity contribution in [3.63, 3.8) is 0 Å². The number of thioether (sulfide) groups is 1. The normalized spacial score (nSPS) is 12.7. The SMILES string of the molecule is CCNC(C)CCCSc1ccccc1Cl. The first-order chi connectivity index (χ1) is 7.74. The predicted octanol–water partition coefficient (Wildman–Crippen LogP) is 4.21. The molecular formula is C13H20ClNS. The molecule has 1 unspecified atom stereocenters. The monoisotopic (exact) mass is 257 g/mol. The molecule has 1 rings (SSSR count). The van der Waals surface area contributed by atoms with Crippen molar-refractivity contribution >= 4 is 23.4 Å². The number of benzene rings is 1. The van der Waals surface area contributed by atoms with E-state index in [0.717, 1.165) is 17.3 Å². The fraction of sp³-hybridized carbons (Fsp3) is 0.538. The van der Waals surface area contributed by atoms with E-state index in [1.807, 2.05) is 30.0 Å². The molecular weight excluding hydrogens is 238 g/mol. The Balaban J connectivity index is 2.19. The van der Waals surface area contributed by atoms with Crippen LogP contribution in [-0.4, -0.2) is 18.3 Å². The molecule has 16 heavy (non-hydrogen) atoms. The Morgan fingerprint density at radius 1 is 1.38 bits per heavy atom. The molecule has 90 valence electrons. The van der Waals surface area contributed by atoms with Crippen molar-refractivity contribution in [2.45, 2.75) is 37.6 Å². The summed E-state index contributed by atoms with van der Waals surface area (Å²) in [6, 6.07) is 8.66. The van der Waals surface area contributed by atoms with Crippen molar-refractivity contribution in [1.82, 2.24) is 5.32 Å². The van der Waals surface area contributed by atoms with Gasteiger partial charge < -0.3 is 5.32 Å². The minimum Gasteiger partial charge on any atom is -0.315 e. The fourth-order valence-corrected chi connectivity index (χ4v) is 2.79. The highest BCUT2D eigenvalue weighted by Crippen LogP contribution is 2.27. The zero-order chi connectivity index (χ0) is 11.8. The topological polar surface area (TPSA) is 12.0 Å². The third-order valence-corrected chi connectivity index (χ3v) is 4.03. The number of rotatable bonds is 7. The van der Waals surface area contributed by atoms with Crippen LogP contribution in [0.2, 0.25) is 5.02 Å². The summed E-state index contributed by atoms with van der Waals surface area (Å²) >= 11 is 7.93. The molecule has 0 amide bonds.